The Balaban J connectivity index is 2.22. The zero-order chi connectivity index (χ0) is 11.4. The molecule has 80 valence electrons. The molecule has 0 N–H and O–H groups in total. The highest BCUT2D eigenvalue weighted by atomic mass is 16.6. The van der Waals surface area contributed by atoms with Crippen molar-refractivity contribution in [1.29, 1.82) is 0 Å². The van der Waals surface area contributed by atoms with Crippen LogP contribution >= 0.6 is 0 Å². The molecule has 0 spiro atoms. The van der Waals surface area contributed by atoms with E-state index in [1.165, 1.54) is 6.07 Å². The first kappa shape index (κ1) is 10.3. The summed E-state index contributed by atoms with van der Waals surface area (Å²) in [7, 11) is 0. The molecule has 0 aliphatic heterocycles. The summed E-state index contributed by atoms with van der Waals surface area (Å²) in [5.41, 5.74) is 2.16. The van der Waals surface area contributed by atoms with Gasteiger partial charge in [-0.2, -0.15) is 0 Å². The van der Waals surface area contributed by atoms with Gasteiger partial charge in [-0.05, 0) is 29.7 Å². The molecule has 0 aliphatic rings. The van der Waals surface area contributed by atoms with Crippen LogP contribution in [0.1, 0.15) is 11.1 Å². The highest BCUT2D eigenvalue weighted by Gasteiger charge is 2.05. The maximum absolute atomic E-state index is 10.6. The third-order valence-electron chi connectivity index (χ3n) is 2.28. The van der Waals surface area contributed by atoms with Gasteiger partial charge in [0.1, 0.15) is 0 Å². The maximum Gasteiger partial charge on any atom is 0.269 e. The van der Waals surface area contributed by atoms with Gasteiger partial charge < -0.3 is 0 Å². The molecule has 0 saturated carbocycles. The molecule has 0 saturated heterocycles. The van der Waals surface area contributed by atoms with Gasteiger partial charge in [-0.1, -0.05) is 12.1 Å². The van der Waals surface area contributed by atoms with Crippen LogP contribution in [0.25, 0.3) is 0 Å². The number of nitro benzene ring substituents is 1. The first-order chi connectivity index (χ1) is 7.75. The molecular formula is C12H10N2O2. The Kier molecular flexibility index (Phi) is 2.91. The van der Waals surface area contributed by atoms with Crippen molar-refractivity contribution in [3.05, 3.63) is 70.0 Å². The van der Waals surface area contributed by atoms with E-state index in [1.54, 1.807) is 24.5 Å². The second-order valence-corrected chi connectivity index (χ2v) is 3.46. The summed E-state index contributed by atoms with van der Waals surface area (Å²) in [5, 5.41) is 10.6. The van der Waals surface area contributed by atoms with Gasteiger partial charge in [0.25, 0.3) is 5.69 Å². The molecule has 4 heteroatoms. The van der Waals surface area contributed by atoms with Gasteiger partial charge >= 0.3 is 0 Å². The van der Waals surface area contributed by atoms with Crippen LogP contribution in [-0.4, -0.2) is 9.91 Å². The zero-order valence-electron chi connectivity index (χ0n) is 8.54. The van der Waals surface area contributed by atoms with E-state index in [4.69, 9.17) is 0 Å². The van der Waals surface area contributed by atoms with Crippen molar-refractivity contribution < 1.29 is 4.92 Å². The van der Waals surface area contributed by atoms with E-state index in [0.29, 0.717) is 6.42 Å². The average molecular weight is 214 g/mol. The SMILES string of the molecule is O=[N+]([O-])c1cccc(Cc2ccncc2)c1. The van der Waals surface area contributed by atoms with Crippen molar-refractivity contribution in [2.75, 3.05) is 0 Å². The van der Waals surface area contributed by atoms with Crippen molar-refractivity contribution >= 4 is 5.69 Å². The number of hydrogen-bond donors (Lipinski definition) is 0. The molecule has 0 unspecified atom stereocenters. The van der Waals surface area contributed by atoms with Crippen LogP contribution in [0.3, 0.4) is 0 Å². The number of pyridine rings is 1. The molecule has 4 nitrogen and oxygen atoms in total. The first-order valence-electron chi connectivity index (χ1n) is 4.88. The third-order valence-corrected chi connectivity index (χ3v) is 2.28. The van der Waals surface area contributed by atoms with Gasteiger partial charge in [0.05, 0.1) is 4.92 Å². The minimum atomic E-state index is -0.379. The molecular weight excluding hydrogens is 204 g/mol. The van der Waals surface area contributed by atoms with Crippen LogP contribution in [-0.2, 0) is 6.42 Å². The number of non-ortho nitro benzene ring substituents is 1. The fraction of sp³-hybridized carbons (Fsp3) is 0.0833. The van der Waals surface area contributed by atoms with Gasteiger partial charge in [-0.3, -0.25) is 15.1 Å². The zero-order valence-corrected chi connectivity index (χ0v) is 8.54. The second-order valence-electron chi connectivity index (χ2n) is 3.46. The van der Waals surface area contributed by atoms with Crippen LogP contribution in [0.15, 0.2) is 48.8 Å². The van der Waals surface area contributed by atoms with Crippen molar-refractivity contribution in [3.8, 4) is 0 Å². The third kappa shape index (κ3) is 2.42. The highest BCUT2D eigenvalue weighted by Crippen LogP contribution is 2.15. The van der Waals surface area contributed by atoms with Gasteiger partial charge in [-0.15, -0.1) is 0 Å². The number of benzene rings is 1. The van der Waals surface area contributed by atoms with Gasteiger partial charge in [-0.25, -0.2) is 0 Å². The van der Waals surface area contributed by atoms with Gasteiger partial charge in [0.15, 0.2) is 0 Å². The normalized spacial score (nSPS) is 10.0. The van der Waals surface area contributed by atoms with E-state index in [2.05, 4.69) is 4.98 Å². The molecule has 2 rings (SSSR count). The molecule has 16 heavy (non-hydrogen) atoms. The lowest BCUT2D eigenvalue weighted by Gasteiger charge is -2.00. The van der Waals surface area contributed by atoms with E-state index in [0.717, 1.165) is 11.1 Å². The van der Waals surface area contributed by atoms with Crippen molar-refractivity contribution in [1.82, 2.24) is 4.98 Å². The first-order valence-corrected chi connectivity index (χ1v) is 4.88. The smallest absolute Gasteiger partial charge is 0.265 e. The van der Waals surface area contributed by atoms with Crippen LogP contribution < -0.4 is 0 Å². The molecule has 0 radical (unpaired) electrons. The Hall–Kier alpha value is -2.23. The van der Waals surface area contributed by atoms with Crippen molar-refractivity contribution in [2.24, 2.45) is 0 Å². The Bertz CT molecular complexity index is 497. The van der Waals surface area contributed by atoms with E-state index in [9.17, 15) is 10.1 Å². The number of hydrogen-bond acceptors (Lipinski definition) is 3. The van der Waals surface area contributed by atoms with E-state index in [1.807, 2.05) is 18.2 Å². The van der Waals surface area contributed by atoms with E-state index >= 15 is 0 Å². The fourth-order valence-corrected chi connectivity index (χ4v) is 1.52. The summed E-state index contributed by atoms with van der Waals surface area (Å²) < 4.78 is 0. The van der Waals surface area contributed by atoms with Crippen LogP contribution in [0.4, 0.5) is 5.69 Å². The summed E-state index contributed by atoms with van der Waals surface area (Å²) in [6.45, 7) is 0. The molecule has 2 aromatic rings. The molecule has 1 heterocycles. The Morgan fingerprint density at radius 1 is 1.12 bits per heavy atom. The lowest BCUT2D eigenvalue weighted by molar-refractivity contribution is -0.384. The van der Waals surface area contributed by atoms with E-state index in [-0.39, 0.29) is 10.6 Å². The van der Waals surface area contributed by atoms with Crippen LogP contribution in [0.5, 0.6) is 0 Å². The fourth-order valence-electron chi connectivity index (χ4n) is 1.52. The minimum absolute atomic E-state index is 0.131. The monoisotopic (exact) mass is 214 g/mol. The van der Waals surface area contributed by atoms with Crippen molar-refractivity contribution in [2.45, 2.75) is 6.42 Å². The molecule has 0 aliphatic carbocycles. The van der Waals surface area contributed by atoms with Crippen LogP contribution in [0, 0.1) is 10.1 Å². The number of nitro groups is 1. The van der Waals surface area contributed by atoms with Gasteiger partial charge in [0, 0.05) is 24.5 Å². The average Bonchev–Trinajstić information content (AvgIpc) is 2.30. The molecule has 0 bridgehead atoms. The Morgan fingerprint density at radius 2 is 1.88 bits per heavy atom. The van der Waals surface area contributed by atoms with E-state index < -0.39 is 0 Å². The summed E-state index contributed by atoms with van der Waals surface area (Å²) in [5.74, 6) is 0. The minimum Gasteiger partial charge on any atom is -0.265 e. The molecule has 1 aromatic carbocycles. The second kappa shape index (κ2) is 4.53. The Labute approximate surface area is 92.7 Å². The number of aromatic nitrogens is 1. The predicted octanol–water partition coefficient (Wildman–Crippen LogP) is 2.58. The summed E-state index contributed by atoms with van der Waals surface area (Å²) >= 11 is 0. The lowest BCUT2D eigenvalue weighted by Crippen LogP contribution is -1.92. The van der Waals surface area contributed by atoms with Gasteiger partial charge in [0.2, 0.25) is 0 Å². The molecule has 0 amide bonds. The molecule has 1 aromatic heterocycles. The van der Waals surface area contributed by atoms with Crippen molar-refractivity contribution in [3.63, 3.8) is 0 Å². The highest BCUT2D eigenvalue weighted by molar-refractivity contribution is 5.36. The Morgan fingerprint density at radius 3 is 2.56 bits per heavy atom. The molecule has 0 fully saturated rings. The largest absolute Gasteiger partial charge is 0.269 e. The topological polar surface area (TPSA) is 56.0 Å². The molecule has 0 atom stereocenters. The summed E-state index contributed by atoms with van der Waals surface area (Å²) in [4.78, 5) is 14.1. The number of rotatable bonds is 3. The summed E-state index contributed by atoms with van der Waals surface area (Å²) in [6, 6.07) is 10.5. The quantitative estimate of drug-likeness (QED) is 0.582. The number of nitrogens with zero attached hydrogens (tertiary/aromatic N) is 2. The maximum atomic E-state index is 10.6. The van der Waals surface area contributed by atoms with Crippen LogP contribution in [0.2, 0.25) is 0 Å². The lowest BCUT2D eigenvalue weighted by atomic mass is 10.1. The standard InChI is InChI=1S/C12H10N2O2/c15-14(16)12-3-1-2-11(9-12)8-10-4-6-13-7-5-10/h1-7,9H,8H2. The predicted molar refractivity (Wildman–Crippen MR) is 60.1 cm³/mol. The summed E-state index contributed by atoms with van der Waals surface area (Å²) in [6.07, 6.45) is 4.11.